The number of ketones is 1. The largest absolute Gasteiger partial charge is 0.507 e. The molecule has 0 radical (unpaired) electrons. The molecule has 0 bridgehead atoms. The second-order valence-electron chi connectivity index (χ2n) is 9.78. The van der Waals surface area contributed by atoms with Gasteiger partial charge in [0, 0.05) is 31.1 Å². The molecule has 1 amide bonds. The molecule has 42 heavy (non-hydrogen) atoms. The molecule has 1 unspecified atom stereocenters. The Labute approximate surface area is 249 Å². The van der Waals surface area contributed by atoms with Crippen molar-refractivity contribution in [3.05, 3.63) is 94.8 Å². The zero-order chi connectivity index (χ0) is 29.4. The van der Waals surface area contributed by atoms with Crippen molar-refractivity contribution < 1.29 is 28.6 Å². The van der Waals surface area contributed by atoms with Crippen LogP contribution in [0.4, 0.5) is 15.2 Å². The number of aromatic nitrogens is 2. The van der Waals surface area contributed by atoms with E-state index in [1.807, 2.05) is 43.3 Å². The van der Waals surface area contributed by atoms with Gasteiger partial charge in [0.05, 0.1) is 11.6 Å². The number of rotatable bonds is 7. The number of ether oxygens (including phenoxy) is 2. The number of carbonyl (C=O) groups is 2. The van der Waals surface area contributed by atoms with Crippen molar-refractivity contribution in [2.75, 3.05) is 37.1 Å². The number of thioether (sulfide) groups is 1. The Morgan fingerprint density at radius 1 is 1.02 bits per heavy atom. The van der Waals surface area contributed by atoms with E-state index in [9.17, 15) is 19.1 Å². The Kier molecular flexibility index (Phi) is 7.56. The van der Waals surface area contributed by atoms with Crippen LogP contribution in [0.15, 0.2) is 76.6 Å². The maximum Gasteiger partial charge on any atom is 0.301 e. The van der Waals surface area contributed by atoms with Gasteiger partial charge in [-0.15, -0.1) is 10.2 Å². The van der Waals surface area contributed by atoms with Gasteiger partial charge in [-0.2, -0.15) is 0 Å². The zero-order valence-electron chi connectivity index (χ0n) is 22.6. The van der Waals surface area contributed by atoms with E-state index in [2.05, 4.69) is 10.2 Å². The Balaban J connectivity index is 1.39. The minimum Gasteiger partial charge on any atom is -0.507 e. The summed E-state index contributed by atoms with van der Waals surface area (Å²) in [5.41, 5.74) is 2.71. The first-order valence-corrected chi connectivity index (χ1v) is 14.8. The third kappa shape index (κ3) is 5.30. The lowest BCUT2D eigenvalue weighted by Gasteiger charge is -2.23. The summed E-state index contributed by atoms with van der Waals surface area (Å²) in [4.78, 5) is 30.3. The maximum atomic E-state index is 13.5. The third-order valence-electron chi connectivity index (χ3n) is 6.86. The number of nitrogens with zero attached hydrogens (tertiary/aromatic N) is 4. The van der Waals surface area contributed by atoms with Gasteiger partial charge in [-0.1, -0.05) is 47.4 Å². The van der Waals surface area contributed by atoms with Crippen molar-refractivity contribution in [2.24, 2.45) is 0 Å². The number of Topliss-reactive ketones (excluding diaryl/α,β-unsaturated/α-hetero) is 1. The summed E-state index contributed by atoms with van der Waals surface area (Å²) in [7, 11) is 3.82. The molecule has 4 aromatic rings. The van der Waals surface area contributed by atoms with Crippen LogP contribution in [0.25, 0.3) is 5.76 Å². The number of anilines is 2. The molecule has 3 heterocycles. The lowest BCUT2D eigenvalue weighted by atomic mass is 9.95. The summed E-state index contributed by atoms with van der Waals surface area (Å²) in [5.74, 6) is -0.793. The molecule has 1 N–H and O–H groups in total. The van der Waals surface area contributed by atoms with Crippen LogP contribution in [0.3, 0.4) is 0 Å². The molecule has 0 spiro atoms. The zero-order valence-corrected chi connectivity index (χ0v) is 24.2. The first-order valence-electron chi connectivity index (χ1n) is 13.0. The molecule has 1 aromatic heterocycles. The Hall–Kier alpha value is -4.42. The number of fused-ring (bicyclic) bond motifs is 1. The average Bonchev–Trinajstić information content (AvgIpc) is 3.58. The van der Waals surface area contributed by atoms with Crippen LogP contribution in [0.5, 0.6) is 11.5 Å². The molecule has 2 aliphatic rings. The Morgan fingerprint density at radius 2 is 1.74 bits per heavy atom. The van der Waals surface area contributed by atoms with Gasteiger partial charge in [-0.25, -0.2) is 4.39 Å². The van der Waals surface area contributed by atoms with Gasteiger partial charge in [0.2, 0.25) is 5.13 Å². The monoisotopic (exact) mass is 604 g/mol. The van der Waals surface area contributed by atoms with Crippen molar-refractivity contribution in [3.8, 4) is 11.5 Å². The highest BCUT2D eigenvalue weighted by Gasteiger charge is 2.48. The van der Waals surface area contributed by atoms with E-state index in [1.165, 1.54) is 28.8 Å². The van der Waals surface area contributed by atoms with Gasteiger partial charge in [-0.3, -0.25) is 14.5 Å². The summed E-state index contributed by atoms with van der Waals surface area (Å²) in [6.45, 7) is 0.775. The van der Waals surface area contributed by atoms with Crippen LogP contribution in [0, 0.1) is 5.82 Å². The van der Waals surface area contributed by atoms with E-state index in [0.717, 1.165) is 22.6 Å². The lowest BCUT2D eigenvalue weighted by molar-refractivity contribution is -0.132. The fraction of sp³-hybridized carbons (Fsp3) is 0.200. The van der Waals surface area contributed by atoms with Crippen LogP contribution >= 0.6 is 23.1 Å². The second-order valence-corrected chi connectivity index (χ2v) is 12.0. The number of aliphatic hydroxyl groups is 1. The van der Waals surface area contributed by atoms with E-state index in [-0.39, 0.29) is 22.3 Å². The number of amides is 1. The van der Waals surface area contributed by atoms with E-state index in [1.54, 1.807) is 30.3 Å². The topological polar surface area (TPSA) is 105 Å². The van der Waals surface area contributed by atoms with Crippen LogP contribution in [-0.2, 0) is 15.3 Å². The molecular weight excluding hydrogens is 579 g/mol. The number of hydrogen-bond donors (Lipinski definition) is 1. The molecule has 6 rings (SSSR count). The van der Waals surface area contributed by atoms with Gasteiger partial charge < -0.3 is 19.5 Å². The Morgan fingerprint density at radius 3 is 2.45 bits per heavy atom. The minimum absolute atomic E-state index is 0.0648. The molecule has 1 atom stereocenters. The van der Waals surface area contributed by atoms with Gasteiger partial charge >= 0.3 is 5.91 Å². The van der Waals surface area contributed by atoms with E-state index < -0.39 is 17.7 Å². The molecule has 12 heteroatoms. The van der Waals surface area contributed by atoms with Gasteiger partial charge in [-0.05, 0) is 53.6 Å². The molecule has 9 nitrogen and oxygen atoms in total. The smallest absolute Gasteiger partial charge is 0.301 e. The minimum atomic E-state index is -0.947. The van der Waals surface area contributed by atoms with E-state index >= 15 is 0 Å². The fourth-order valence-electron chi connectivity index (χ4n) is 4.73. The fourth-order valence-corrected chi connectivity index (χ4v) is 6.55. The highest BCUT2D eigenvalue weighted by molar-refractivity contribution is 8.00. The maximum absolute atomic E-state index is 13.5. The van der Waals surface area contributed by atoms with Crippen molar-refractivity contribution in [1.82, 2.24) is 10.2 Å². The van der Waals surface area contributed by atoms with E-state index in [0.29, 0.717) is 45.9 Å². The summed E-state index contributed by atoms with van der Waals surface area (Å²) < 4.78 is 25.1. The first kappa shape index (κ1) is 27.7. The quantitative estimate of drug-likeness (QED) is 0.0972. The van der Waals surface area contributed by atoms with Crippen LogP contribution in [-0.4, -0.2) is 54.3 Å². The van der Waals surface area contributed by atoms with Crippen LogP contribution in [0.2, 0.25) is 0 Å². The van der Waals surface area contributed by atoms with Gasteiger partial charge in [0.25, 0.3) is 5.78 Å². The number of benzene rings is 3. The predicted octanol–water partition coefficient (Wildman–Crippen LogP) is 5.43. The first-order chi connectivity index (χ1) is 20.3. The number of halogens is 1. The number of aliphatic hydroxyl groups excluding tert-OH is 1. The van der Waals surface area contributed by atoms with Crippen molar-refractivity contribution in [3.63, 3.8) is 0 Å². The SMILES string of the molecule is CN(C)c1ccc(C2/C(=C(\O)c3ccc4c(c3)OCCO4)C(=O)C(=O)N2c2nnc(SCc3ccc(F)cc3)s2)cc1. The second kappa shape index (κ2) is 11.5. The van der Waals surface area contributed by atoms with Gasteiger partial charge in [0.15, 0.2) is 15.8 Å². The normalized spacial score (nSPS) is 17.5. The third-order valence-corrected chi connectivity index (χ3v) is 8.99. The van der Waals surface area contributed by atoms with Crippen molar-refractivity contribution in [1.29, 1.82) is 0 Å². The molecule has 2 aliphatic heterocycles. The van der Waals surface area contributed by atoms with Crippen LogP contribution < -0.4 is 19.3 Å². The molecule has 214 valence electrons. The molecular formula is C30H25FN4O5S2. The molecule has 1 fully saturated rings. The summed E-state index contributed by atoms with van der Waals surface area (Å²) in [6, 6.07) is 17.5. The lowest BCUT2D eigenvalue weighted by Crippen LogP contribution is -2.29. The average molecular weight is 605 g/mol. The molecule has 3 aromatic carbocycles. The standard InChI is InChI=1S/C30H25FN4O5S2/c1-34(2)21-10-5-18(6-11-21)25-24(26(36)19-7-12-22-23(15-19)40-14-13-39-22)27(37)28(38)35(25)29-32-33-30(42-29)41-16-17-3-8-20(31)9-4-17/h3-12,15,25,36H,13-14,16H2,1-2H3/b26-24+. The summed E-state index contributed by atoms with van der Waals surface area (Å²) in [5, 5.41) is 20.2. The summed E-state index contributed by atoms with van der Waals surface area (Å²) >= 11 is 2.55. The highest BCUT2D eigenvalue weighted by atomic mass is 32.2. The number of carbonyl (C=O) groups excluding carboxylic acids is 2. The Bertz CT molecular complexity index is 1690. The predicted molar refractivity (Wildman–Crippen MR) is 159 cm³/mol. The highest BCUT2D eigenvalue weighted by Crippen LogP contribution is 2.45. The van der Waals surface area contributed by atoms with E-state index in [4.69, 9.17) is 9.47 Å². The van der Waals surface area contributed by atoms with Crippen LogP contribution in [0.1, 0.15) is 22.7 Å². The molecule has 0 saturated carbocycles. The molecule has 0 aliphatic carbocycles. The summed E-state index contributed by atoms with van der Waals surface area (Å²) in [6.07, 6.45) is 0. The van der Waals surface area contributed by atoms with Crippen molar-refractivity contribution >= 4 is 51.4 Å². The molecule has 1 saturated heterocycles. The van der Waals surface area contributed by atoms with Crippen molar-refractivity contribution in [2.45, 2.75) is 16.1 Å². The van der Waals surface area contributed by atoms with Gasteiger partial charge in [0.1, 0.15) is 24.8 Å². The number of hydrogen-bond acceptors (Lipinski definition) is 10.